The smallest absolute Gasteiger partial charge is 0.258 e. The molecule has 1 N–H and O–H groups in total. The van der Waals surface area contributed by atoms with E-state index in [1.807, 2.05) is 23.1 Å². The fourth-order valence-corrected chi connectivity index (χ4v) is 2.72. The lowest BCUT2D eigenvalue weighted by atomic mass is 9.91. The molecule has 3 rings (SSSR count). The maximum absolute atomic E-state index is 12.6. The summed E-state index contributed by atoms with van der Waals surface area (Å²) in [6.45, 7) is 2.93. The summed E-state index contributed by atoms with van der Waals surface area (Å²) in [6.07, 6.45) is 0.973. The van der Waals surface area contributed by atoms with Gasteiger partial charge < -0.3 is 10.0 Å². The number of hydrogen-bond donors (Lipinski definition) is 1. The maximum atomic E-state index is 12.6. The Morgan fingerprint density at radius 3 is 2.60 bits per heavy atom. The van der Waals surface area contributed by atoms with Gasteiger partial charge in [0.15, 0.2) is 0 Å². The molecule has 102 valence electrons. The SMILES string of the molecule is CC1CCN(C(=O)c2ccc(O)cc2)c2ccccc21. The average Bonchev–Trinajstić information content (AvgIpc) is 2.48. The van der Waals surface area contributed by atoms with Crippen molar-refractivity contribution in [3.63, 3.8) is 0 Å². The Morgan fingerprint density at radius 2 is 1.85 bits per heavy atom. The number of amides is 1. The molecular weight excluding hydrogens is 250 g/mol. The van der Waals surface area contributed by atoms with Crippen LogP contribution in [0, 0.1) is 0 Å². The largest absolute Gasteiger partial charge is 0.508 e. The zero-order valence-electron chi connectivity index (χ0n) is 11.4. The Labute approximate surface area is 118 Å². The second-order valence-corrected chi connectivity index (χ2v) is 5.25. The number of fused-ring (bicyclic) bond motifs is 1. The number of benzene rings is 2. The molecule has 3 heteroatoms. The summed E-state index contributed by atoms with van der Waals surface area (Å²) < 4.78 is 0. The van der Waals surface area contributed by atoms with Gasteiger partial charge in [0, 0.05) is 17.8 Å². The summed E-state index contributed by atoms with van der Waals surface area (Å²) in [5.41, 5.74) is 2.84. The van der Waals surface area contributed by atoms with Gasteiger partial charge in [-0.3, -0.25) is 4.79 Å². The molecule has 0 saturated heterocycles. The Hall–Kier alpha value is -2.29. The second-order valence-electron chi connectivity index (χ2n) is 5.25. The van der Waals surface area contributed by atoms with E-state index in [1.165, 1.54) is 5.56 Å². The van der Waals surface area contributed by atoms with E-state index < -0.39 is 0 Å². The molecule has 0 saturated carbocycles. The molecule has 2 aromatic rings. The van der Waals surface area contributed by atoms with Crippen molar-refractivity contribution in [2.75, 3.05) is 11.4 Å². The fraction of sp³-hybridized carbons (Fsp3) is 0.235. The zero-order valence-corrected chi connectivity index (χ0v) is 11.4. The number of rotatable bonds is 1. The van der Waals surface area contributed by atoms with E-state index in [2.05, 4.69) is 13.0 Å². The van der Waals surface area contributed by atoms with Crippen molar-refractivity contribution in [2.24, 2.45) is 0 Å². The highest BCUT2D eigenvalue weighted by Crippen LogP contribution is 2.35. The van der Waals surface area contributed by atoms with Gasteiger partial charge in [-0.25, -0.2) is 0 Å². The Kier molecular flexibility index (Phi) is 3.18. The van der Waals surface area contributed by atoms with E-state index in [-0.39, 0.29) is 11.7 Å². The van der Waals surface area contributed by atoms with Gasteiger partial charge in [-0.05, 0) is 48.2 Å². The van der Waals surface area contributed by atoms with Crippen LogP contribution in [-0.4, -0.2) is 17.6 Å². The molecule has 0 aromatic heterocycles. The number of hydrogen-bond acceptors (Lipinski definition) is 2. The van der Waals surface area contributed by atoms with E-state index in [4.69, 9.17) is 0 Å². The van der Waals surface area contributed by atoms with Crippen molar-refractivity contribution < 1.29 is 9.90 Å². The Morgan fingerprint density at radius 1 is 1.15 bits per heavy atom. The van der Waals surface area contributed by atoms with Gasteiger partial charge in [0.2, 0.25) is 0 Å². The average molecular weight is 267 g/mol. The van der Waals surface area contributed by atoms with E-state index in [0.29, 0.717) is 11.5 Å². The minimum absolute atomic E-state index is 0.00986. The Balaban J connectivity index is 1.97. The predicted octanol–water partition coefficient (Wildman–Crippen LogP) is 3.55. The zero-order chi connectivity index (χ0) is 14.1. The highest BCUT2D eigenvalue weighted by Gasteiger charge is 2.26. The van der Waals surface area contributed by atoms with Crippen LogP contribution < -0.4 is 4.90 Å². The van der Waals surface area contributed by atoms with Crippen molar-refractivity contribution in [1.82, 2.24) is 0 Å². The van der Waals surface area contributed by atoms with Crippen molar-refractivity contribution in [3.05, 3.63) is 59.7 Å². The maximum Gasteiger partial charge on any atom is 0.258 e. The molecule has 1 unspecified atom stereocenters. The van der Waals surface area contributed by atoms with Crippen LogP contribution in [0.2, 0.25) is 0 Å². The lowest BCUT2D eigenvalue weighted by molar-refractivity contribution is 0.0984. The van der Waals surface area contributed by atoms with Gasteiger partial charge >= 0.3 is 0 Å². The third-order valence-corrected chi connectivity index (χ3v) is 3.90. The lowest BCUT2D eigenvalue weighted by Gasteiger charge is -2.33. The molecule has 20 heavy (non-hydrogen) atoms. The van der Waals surface area contributed by atoms with E-state index in [0.717, 1.165) is 18.7 Å². The standard InChI is InChI=1S/C17H17NO2/c1-12-10-11-18(16-5-3-2-4-15(12)16)17(20)13-6-8-14(19)9-7-13/h2-9,12,19H,10-11H2,1H3. The predicted molar refractivity (Wildman–Crippen MR) is 79.3 cm³/mol. The van der Waals surface area contributed by atoms with E-state index in [9.17, 15) is 9.90 Å². The molecule has 0 radical (unpaired) electrons. The van der Waals surface area contributed by atoms with Gasteiger partial charge in [0.1, 0.15) is 5.75 Å². The first-order chi connectivity index (χ1) is 9.66. The van der Waals surface area contributed by atoms with Gasteiger partial charge in [-0.1, -0.05) is 25.1 Å². The molecule has 3 nitrogen and oxygen atoms in total. The molecule has 0 aliphatic carbocycles. The summed E-state index contributed by atoms with van der Waals surface area (Å²) >= 11 is 0. The molecule has 0 bridgehead atoms. The normalized spacial score (nSPS) is 17.6. The number of phenolic OH excluding ortho intramolecular Hbond substituents is 1. The van der Waals surface area contributed by atoms with E-state index >= 15 is 0 Å². The van der Waals surface area contributed by atoms with Gasteiger partial charge in [0.05, 0.1) is 0 Å². The fourth-order valence-electron chi connectivity index (χ4n) is 2.72. The van der Waals surface area contributed by atoms with Gasteiger partial charge in [-0.15, -0.1) is 0 Å². The first-order valence-electron chi connectivity index (χ1n) is 6.86. The van der Waals surface area contributed by atoms with Crippen molar-refractivity contribution in [1.29, 1.82) is 0 Å². The number of carbonyl (C=O) groups is 1. The summed E-state index contributed by atoms with van der Waals surface area (Å²) in [7, 11) is 0. The molecule has 0 spiro atoms. The third kappa shape index (κ3) is 2.16. The summed E-state index contributed by atoms with van der Waals surface area (Å²) in [6, 6.07) is 14.5. The third-order valence-electron chi connectivity index (χ3n) is 3.90. The minimum Gasteiger partial charge on any atom is -0.508 e. The molecule has 1 aliphatic rings. The quantitative estimate of drug-likeness (QED) is 0.858. The van der Waals surface area contributed by atoms with Crippen LogP contribution in [0.5, 0.6) is 5.75 Å². The van der Waals surface area contributed by atoms with Crippen LogP contribution in [-0.2, 0) is 0 Å². The number of carbonyl (C=O) groups excluding carboxylic acids is 1. The second kappa shape index (κ2) is 5.00. The van der Waals surface area contributed by atoms with Crippen LogP contribution in [0.25, 0.3) is 0 Å². The van der Waals surface area contributed by atoms with Crippen molar-refractivity contribution in [2.45, 2.75) is 19.3 Å². The number of aromatic hydroxyl groups is 1. The van der Waals surface area contributed by atoms with Gasteiger partial charge in [0.25, 0.3) is 5.91 Å². The molecule has 2 aromatic carbocycles. The molecule has 1 aliphatic heterocycles. The molecule has 1 atom stereocenters. The van der Waals surface area contributed by atoms with Crippen molar-refractivity contribution in [3.8, 4) is 5.75 Å². The first-order valence-corrected chi connectivity index (χ1v) is 6.86. The van der Waals surface area contributed by atoms with Crippen LogP contribution in [0.3, 0.4) is 0 Å². The topological polar surface area (TPSA) is 40.5 Å². The highest BCUT2D eigenvalue weighted by atomic mass is 16.3. The molecule has 1 amide bonds. The summed E-state index contributed by atoms with van der Waals surface area (Å²) in [4.78, 5) is 14.5. The van der Waals surface area contributed by atoms with Crippen LogP contribution in [0.15, 0.2) is 48.5 Å². The summed E-state index contributed by atoms with van der Waals surface area (Å²) in [5.74, 6) is 0.647. The van der Waals surface area contributed by atoms with E-state index in [1.54, 1.807) is 24.3 Å². The van der Waals surface area contributed by atoms with Crippen LogP contribution in [0.4, 0.5) is 5.69 Å². The number of phenols is 1. The molecular formula is C17H17NO2. The Bertz CT molecular complexity index is 634. The highest BCUT2D eigenvalue weighted by molar-refractivity contribution is 6.06. The lowest BCUT2D eigenvalue weighted by Crippen LogP contribution is -2.36. The number of anilines is 1. The molecule has 0 fully saturated rings. The minimum atomic E-state index is -0.00986. The van der Waals surface area contributed by atoms with Gasteiger partial charge in [-0.2, -0.15) is 0 Å². The molecule has 1 heterocycles. The van der Waals surface area contributed by atoms with Crippen LogP contribution >= 0.6 is 0 Å². The number of para-hydroxylation sites is 1. The monoisotopic (exact) mass is 267 g/mol. The first kappa shape index (κ1) is 12.7. The summed E-state index contributed by atoms with van der Waals surface area (Å²) in [5, 5.41) is 9.32. The number of nitrogens with zero attached hydrogens (tertiary/aromatic N) is 1. The van der Waals surface area contributed by atoms with Crippen LogP contribution in [0.1, 0.15) is 35.2 Å². The van der Waals surface area contributed by atoms with Crippen molar-refractivity contribution >= 4 is 11.6 Å².